The number of carboxylic acid groups (broad SMARTS) is 1. The highest BCUT2D eigenvalue weighted by atomic mass is 19.1. The van der Waals surface area contributed by atoms with Crippen molar-refractivity contribution >= 4 is 5.97 Å². The Hall–Kier alpha value is -1.78. The second kappa shape index (κ2) is 4.63. The van der Waals surface area contributed by atoms with E-state index in [1.165, 1.54) is 14.2 Å². The number of ether oxygens (including phenoxy) is 2. The monoisotopic (exact) mass is 214 g/mol. The molecule has 0 radical (unpaired) electrons. The highest BCUT2D eigenvalue weighted by molar-refractivity contribution is 5.73. The molecule has 1 aromatic carbocycles. The summed E-state index contributed by atoms with van der Waals surface area (Å²) in [5.41, 5.74) is 0.328. The van der Waals surface area contributed by atoms with Crippen LogP contribution in [0.5, 0.6) is 11.5 Å². The van der Waals surface area contributed by atoms with Crippen LogP contribution in [0.4, 0.5) is 4.39 Å². The molecule has 0 aromatic heterocycles. The van der Waals surface area contributed by atoms with Gasteiger partial charge in [-0.1, -0.05) is 0 Å². The molecule has 1 rings (SSSR count). The van der Waals surface area contributed by atoms with Gasteiger partial charge in [-0.05, 0) is 0 Å². The Labute approximate surface area is 86.2 Å². The first-order chi connectivity index (χ1) is 7.08. The number of hydrogen-bond acceptors (Lipinski definition) is 3. The summed E-state index contributed by atoms with van der Waals surface area (Å²) in [5.74, 6) is -1.21. The third kappa shape index (κ3) is 2.59. The van der Waals surface area contributed by atoms with Gasteiger partial charge in [0.25, 0.3) is 0 Å². The number of benzene rings is 1. The van der Waals surface area contributed by atoms with Crippen LogP contribution in [0.25, 0.3) is 0 Å². The zero-order valence-corrected chi connectivity index (χ0v) is 8.41. The van der Waals surface area contributed by atoms with Gasteiger partial charge in [0.05, 0.1) is 20.6 Å². The third-order valence-corrected chi connectivity index (χ3v) is 1.90. The summed E-state index contributed by atoms with van der Waals surface area (Å²) in [5, 5.41) is 8.67. The summed E-state index contributed by atoms with van der Waals surface area (Å²) in [4.78, 5) is 10.6. The topological polar surface area (TPSA) is 55.8 Å². The minimum Gasteiger partial charge on any atom is -0.496 e. The van der Waals surface area contributed by atoms with Gasteiger partial charge in [-0.2, -0.15) is 0 Å². The van der Waals surface area contributed by atoms with E-state index in [9.17, 15) is 9.18 Å². The average Bonchev–Trinajstić information content (AvgIpc) is 2.19. The largest absolute Gasteiger partial charge is 0.496 e. The van der Waals surface area contributed by atoms with Gasteiger partial charge in [0.2, 0.25) is 0 Å². The standard InChI is InChI=1S/C10H11FO4/c1-14-8-3-6(11)4-9(15-2)7(8)5-10(12)13/h3-4H,5H2,1-2H3,(H,12,13). The normalized spacial score (nSPS) is 9.80. The number of carboxylic acids is 1. The van der Waals surface area contributed by atoms with E-state index in [-0.39, 0.29) is 17.9 Å². The van der Waals surface area contributed by atoms with Gasteiger partial charge in [0, 0.05) is 17.7 Å². The predicted octanol–water partition coefficient (Wildman–Crippen LogP) is 1.47. The summed E-state index contributed by atoms with van der Waals surface area (Å²) in [7, 11) is 2.69. The van der Waals surface area contributed by atoms with Crippen LogP contribution >= 0.6 is 0 Å². The lowest BCUT2D eigenvalue weighted by atomic mass is 10.1. The van der Waals surface area contributed by atoms with Crippen LogP contribution < -0.4 is 9.47 Å². The summed E-state index contributed by atoms with van der Waals surface area (Å²) in [6, 6.07) is 2.25. The fourth-order valence-corrected chi connectivity index (χ4v) is 1.28. The maximum atomic E-state index is 13.0. The van der Waals surface area contributed by atoms with Crippen molar-refractivity contribution in [1.29, 1.82) is 0 Å². The Morgan fingerprint density at radius 2 is 1.80 bits per heavy atom. The van der Waals surface area contributed by atoms with Crippen molar-refractivity contribution in [3.05, 3.63) is 23.5 Å². The molecule has 5 heteroatoms. The van der Waals surface area contributed by atoms with E-state index in [1.807, 2.05) is 0 Å². The number of hydrogen-bond donors (Lipinski definition) is 1. The number of methoxy groups -OCH3 is 2. The van der Waals surface area contributed by atoms with Crippen molar-refractivity contribution in [2.45, 2.75) is 6.42 Å². The van der Waals surface area contributed by atoms with E-state index in [4.69, 9.17) is 14.6 Å². The van der Waals surface area contributed by atoms with Gasteiger partial charge in [-0.15, -0.1) is 0 Å². The van der Waals surface area contributed by atoms with Crippen molar-refractivity contribution in [2.24, 2.45) is 0 Å². The first-order valence-electron chi connectivity index (χ1n) is 4.20. The Morgan fingerprint density at radius 1 is 1.33 bits per heavy atom. The van der Waals surface area contributed by atoms with Gasteiger partial charge >= 0.3 is 5.97 Å². The summed E-state index contributed by atoms with van der Waals surface area (Å²) >= 11 is 0. The van der Waals surface area contributed by atoms with Gasteiger partial charge in [0.1, 0.15) is 17.3 Å². The molecule has 0 atom stereocenters. The molecule has 0 saturated carbocycles. The molecule has 0 bridgehead atoms. The molecular formula is C10H11FO4. The third-order valence-electron chi connectivity index (χ3n) is 1.90. The van der Waals surface area contributed by atoms with Crippen LogP contribution in [0.3, 0.4) is 0 Å². The zero-order valence-electron chi connectivity index (χ0n) is 8.41. The zero-order chi connectivity index (χ0) is 11.4. The smallest absolute Gasteiger partial charge is 0.308 e. The lowest BCUT2D eigenvalue weighted by molar-refractivity contribution is -0.136. The van der Waals surface area contributed by atoms with Gasteiger partial charge in [0.15, 0.2) is 0 Å². The molecule has 0 amide bonds. The highest BCUT2D eigenvalue weighted by Crippen LogP contribution is 2.30. The van der Waals surface area contributed by atoms with E-state index in [0.717, 1.165) is 12.1 Å². The SMILES string of the molecule is COc1cc(F)cc(OC)c1CC(=O)O. The molecule has 0 heterocycles. The van der Waals surface area contributed by atoms with Crippen LogP contribution in [0.1, 0.15) is 5.56 Å². The maximum Gasteiger partial charge on any atom is 0.308 e. The molecular weight excluding hydrogens is 203 g/mol. The first-order valence-corrected chi connectivity index (χ1v) is 4.20. The van der Waals surface area contributed by atoms with Crippen LogP contribution in [0.15, 0.2) is 12.1 Å². The fourth-order valence-electron chi connectivity index (χ4n) is 1.28. The number of aliphatic carboxylic acids is 1. The molecule has 15 heavy (non-hydrogen) atoms. The van der Waals surface area contributed by atoms with E-state index in [2.05, 4.69) is 0 Å². The summed E-state index contributed by atoms with van der Waals surface area (Å²) in [6.07, 6.45) is -0.271. The molecule has 82 valence electrons. The molecule has 0 spiro atoms. The highest BCUT2D eigenvalue weighted by Gasteiger charge is 2.15. The second-order valence-electron chi connectivity index (χ2n) is 2.86. The number of halogens is 1. The molecule has 1 aromatic rings. The fraction of sp³-hybridized carbons (Fsp3) is 0.300. The molecule has 0 aliphatic heterocycles. The van der Waals surface area contributed by atoms with E-state index in [1.54, 1.807) is 0 Å². The van der Waals surface area contributed by atoms with E-state index in [0.29, 0.717) is 5.56 Å². The van der Waals surface area contributed by atoms with E-state index >= 15 is 0 Å². The molecule has 1 N–H and O–H groups in total. The van der Waals surface area contributed by atoms with Crippen LogP contribution in [0, 0.1) is 5.82 Å². The second-order valence-corrected chi connectivity index (χ2v) is 2.86. The number of rotatable bonds is 4. The first kappa shape index (κ1) is 11.3. The molecule has 0 fully saturated rings. The van der Waals surface area contributed by atoms with Crippen LogP contribution in [0.2, 0.25) is 0 Å². The van der Waals surface area contributed by atoms with Crippen LogP contribution in [-0.4, -0.2) is 25.3 Å². The lowest BCUT2D eigenvalue weighted by Gasteiger charge is -2.11. The Balaban J connectivity index is 3.23. The summed E-state index contributed by atoms with van der Waals surface area (Å²) in [6.45, 7) is 0. The van der Waals surface area contributed by atoms with Crippen molar-refractivity contribution in [1.82, 2.24) is 0 Å². The minimum absolute atomic E-state index is 0.175. The van der Waals surface area contributed by atoms with Gasteiger partial charge in [-0.3, -0.25) is 4.79 Å². The number of carbonyl (C=O) groups is 1. The van der Waals surface area contributed by atoms with Crippen molar-refractivity contribution in [3.63, 3.8) is 0 Å². The predicted molar refractivity (Wildman–Crippen MR) is 50.8 cm³/mol. The van der Waals surface area contributed by atoms with Crippen molar-refractivity contribution in [2.75, 3.05) is 14.2 Å². The molecule has 0 aliphatic carbocycles. The van der Waals surface area contributed by atoms with Gasteiger partial charge in [-0.25, -0.2) is 4.39 Å². The van der Waals surface area contributed by atoms with Gasteiger partial charge < -0.3 is 14.6 Å². The van der Waals surface area contributed by atoms with E-state index < -0.39 is 11.8 Å². The lowest BCUT2D eigenvalue weighted by Crippen LogP contribution is -2.05. The quantitative estimate of drug-likeness (QED) is 0.824. The van der Waals surface area contributed by atoms with Crippen LogP contribution in [-0.2, 0) is 11.2 Å². The Bertz CT molecular complexity index is 351. The molecule has 0 saturated heterocycles. The Morgan fingerprint density at radius 3 is 2.13 bits per heavy atom. The minimum atomic E-state index is -1.03. The molecule has 0 aliphatic rings. The Kier molecular flexibility index (Phi) is 3.49. The maximum absolute atomic E-state index is 13.0. The average molecular weight is 214 g/mol. The summed E-state index contributed by atoms with van der Waals surface area (Å²) < 4.78 is 22.8. The molecule has 4 nitrogen and oxygen atoms in total. The van der Waals surface area contributed by atoms with Crippen molar-refractivity contribution < 1.29 is 23.8 Å². The van der Waals surface area contributed by atoms with Crippen molar-refractivity contribution in [3.8, 4) is 11.5 Å². The molecule has 0 unspecified atom stereocenters.